The van der Waals surface area contributed by atoms with Crippen LogP contribution in [0.25, 0.3) is 55.2 Å². The average molecular weight is 574 g/mol. The number of pyridine rings is 1. The lowest BCUT2D eigenvalue weighted by molar-refractivity contribution is 0.444. The lowest BCUT2D eigenvalue weighted by Gasteiger charge is -2.22. The molecule has 0 N–H and O–H groups in total. The van der Waals surface area contributed by atoms with Crippen molar-refractivity contribution in [3.05, 3.63) is 114 Å². The van der Waals surface area contributed by atoms with Crippen LogP contribution in [0.4, 0.5) is 0 Å². The minimum Gasteiger partial charge on any atom is -0.309 e. The summed E-state index contributed by atoms with van der Waals surface area (Å²) in [5.41, 5.74) is 11.3. The largest absolute Gasteiger partial charge is 0.309 e. The van der Waals surface area contributed by atoms with Crippen LogP contribution in [0.1, 0.15) is 87.2 Å². The number of hydrogen-bond donors (Lipinski definition) is 0. The zero-order valence-corrected chi connectivity index (χ0v) is 25.4. The van der Waals surface area contributed by atoms with Crippen LogP contribution in [0, 0.1) is 0 Å². The van der Waals surface area contributed by atoms with Crippen molar-refractivity contribution >= 4 is 38.2 Å². The third-order valence-electron chi connectivity index (χ3n) is 10.7. The Labute approximate surface area is 259 Å². The van der Waals surface area contributed by atoms with Crippen LogP contribution < -0.4 is 0 Å². The summed E-state index contributed by atoms with van der Waals surface area (Å²) in [5.74, 6) is 1.41. The quantitative estimate of drug-likeness (QED) is 0.205. The molecular weight excluding hydrogens is 534 g/mol. The molecular formula is C41H39N3. The molecule has 7 aromatic rings. The van der Waals surface area contributed by atoms with E-state index in [2.05, 4.69) is 112 Å². The number of benzene rings is 4. The Hall–Kier alpha value is -4.37. The molecule has 3 nitrogen and oxygen atoms in total. The van der Waals surface area contributed by atoms with E-state index >= 15 is 0 Å². The first-order chi connectivity index (χ1) is 21.8. The summed E-state index contributed by atoms with van der Waals surface area (Å²) in [5, 5.41) is 9.05. The Morgan fingerprint density at radius 1 is 0.523 bits per heavy atom. The minimum absolute atomic E-state index is 0.704. The van der Waals surface area contributed by atoms with Crippen molar-refractivity contribution in [2.75, 3.05) is 0 Å². The molecule has 0 bridgehead atoms. The third-order valence-corrected chi connectivity index (χ3v) is 10.7. The van der Waals surface area contributed by atoms with Gasteiger partial charge in [-0.25, -0.2) is 4.52 Å². The summed E-state index contributed by atoms with van der Waals surface area (Å²) in [6.45, 7) is 0. The number of para-hydroxylation sites is 1. The van der Waals surface area contributed by atoms with Crippen LogP contribution in [0.2, 0.25) is 0 Å². The summed E-state index contributed by atoms with van der Waals surface area (Å²) < 4.78 is 4.56. The van der Waals surface area contributed by atoms with Crippen molar-refractivity contribution in [1.29, 1.82) is 0 Å². The van der Waals surface area contributed by atoms with E-state index in [0.29, 0.717) is 11.8 Å². The molecule has 0 atom stereocenters. The Morgan fingerprint density at radius 3 is 1.77 bits per heavy atom. The molecule has 3 heterocycles. The second kappa shape index (κ2) is 10.7. The standard InChI is InChI=1S/C41H39N3/c1-3-9-28(10-4-1)32-18-23-40-36(25-32)37-26-33(29-11-5-2-6-12-29)19-24-41(37)43(40)34-20-15-30(16-21-34)38-27-35-22-17-31-13-7-8-14-39(31)44(35)42-38/h7-8,13-29H,1-6,9-12H2. The lowest BCUT2D eigenvalue weighted by atomic mass is 9.83. The van der Waals surface area contributed by atoms with Gasteiger partial charge in [-0.15, -0.1) is 0 Å². The van der Waals surface area contributed by atoms with Gasteiger partial charge >= 0.3 is 0 Å². The number of hydrogen-bond acceptors (Lipinski definition) is 1. The van der Waals surface area contributed by atoms with E-state index in [4.69, 9.17) is 5.10 Å². The van der Waals surface area contributed by atoms with Crippen molar-refractivity contribution < 1.29 is 0 Å². The molecule has 0 radical (unpaired) electrons. The number of aromatic nitrogens is 3. The van der Waals surface area contributed by atoms with Gasteiger partial charge in [0.25, 0.3) is 0 Å². The van der Waals surface area contributed by atoms with Crippen LogP contribution in [0.3, 0.4) is 0 Å². The van der Waals surface area contributed by atoms with Gasteiger partial charge in [0.05, 0.1) is 27.8 Å². The van der Waals surface area contributed by atoms with E-state index in [-0.39, 0.29) is 0 Å². The van der Waals surface area contributed by atoms with Gasteiger partial charge < -0.3 is 4.57 Å². The highest BCUT2D eigenvalue weighted by molar-refractivity contribution is 6.09. The molecule has 0 spiro atoms. The van der Waals surface area contributed by atoms with Crippen molar-refractivity contribution in [3.63, 3.8) is 0 Å². The van der Waals surface area contributed by atoms with E-state index in [1.165, 1.54) is 108 Å². The Morgan fingerprint density at radius 2 is 1.14 bits per heavy atom. The second-order valence-electron chi connectivity index (χ2n) is 13.4. The molecule has 2 saturated carbocycles. The second-order valence-corrected chi connectivity index (χ2v) is 13.4. The zero-order valence-electron chi connectivity index (χ0n) is 25.4. The Kier molecular flexibility index (Phi) is 6.32. The highest BCUT2D eigenvalue weighted by Crippen LogP contribution is 2.40. The average Bonchev–Trinajstić information content (AvgIpc) is 3.68. The molecule has 9 rings (SSSR count). The summed E-state index contributed by atoms with van der Waals surface area (Å²) in [7, 11) is 0. The fourth-order valence-corrected chi connectivity index (χ4v) is 8.34. The monoisotopic (exact) mass is 573 g/mol. The van der Waals surface area contributed by atoms with E-state index in [1.54, 1.807) is 0 Å². The van der Waals surface area contributed by atoms with Gasteiger partial charge in [-0.3, -0.25) is 0 Å². The lowest BCUT2D eigenvalue weighted by Crippen LogP contribution is -2.04. The normalized spacial score (nSPS) is 16.9. The molecule has 0 aliphatic heterocycles. The van der Waals surface area contributed by atoms with Crippen LogP contribution >= 0.6 is 0 Å². The summed E-state index contributed by atoms with van der Waals surface area (Å²) in [4.78, 5) is 0. The molecule has 3 heteroatoms. The van der Waals surface area contributed by atoms with Gasteiger partial charge in [0.2, 0.25) is 0 Å². The van der Waals surface area contributed by atoms with Gasteiger partial charge in [-0.2, -0.15) is 5.10 Å². The fraction of sp³-hybridized carbons (Fsp3) is 0.293. The highest BCUT2D eigenvalue weighted by Gasteiger charge is 2.21. The Balaban J connectivity index is 1.16. The first kappa shape index (κ1) is 26.1. The van der Waals surface area contributed by atoms with Gasteiger partial charge in [-0.05, 0) is 103 Å². The summed E-state index contributed by atoms with van der Waals surface area (Å²) >= 11 is 0. The maximum absolute atomic E-state index is 5.02. The molecule has 0 unspecified atom stereocenters. The maximum atomic E-state index is 5.02. The maximum Gasteiger partial charge on any atom is 0.0933 e. The van der Waals surface area contributed by atoms with E-state index in [0.717, 1.165) is 22.3 Å². The zero-order chi connectivity index (χ0) is 29.0. The molecule has 0 saturated heterocycles. The SMILES string of the molecule is c1ccc2c(c1)ccc1cc(-c3ccc(-n4c5ccc(C6CCCCC6)cc5c5cc(C6CCCCC6)ccc54)cc3)nn12. The van der Waals surface area contributed by atoms with E-state index in [9.17, 15) is 0 Å². The molecule has 44 heavy (non-hydrogen) atoms. The van der Waals surface area contributed by atoms with Gasteiger partial charge in [0.1, 0.15) is 0 Å². The molecule has 3 aromatic heterocycles. The van der Waals surface area contributed by atoms with Crippen molar-refractivity contribution in [1.82, 2.24) is 14.2 Å². The Bertz CT molecular complexity index is 2060. The van der Waals surface area contributed by atoms with E-state index < -0.39 is 0 Å². The number of rotatable bonds is 4. The molecule has 2 aliphatic carbocycles. The van der Waals surface area contributed by atoms with Gasteiger partial charge in [-0.1, -0.05) is 87.1 Å². The van der Waals surface area contributed by atoms with Crippen LogP contribution in [-0.4, -0.2) is 14.2 Å². The highest BCUT2D eigenvalue weighted by atomic mass is 15.2. The number of nitrogens with zero attached hydrogens (tertiary/aromatic N) is 3. The van der Waals surface area contributed by atoms with Crippen molar-refractivity contribution in [3.8, 4) is 16.9 Å². The summed E-state index contributed by atoms with van der Waals surface area (Å²) in [6.07, 6.45) is 13.6. The predicted octanol–water partition coefficient (Wildman–Crippen LogP) is 11.3. The van der Waals surface area contributed by atoms with Gasteiger partial charge in [0.15, 0.2) is 0 Å². The first-order valence-corrected chi connectivity index (χ1v) is 16.9. The molecule has 0 amide bonds. The molecule has 2 fully saturated rings. The van der Waals surface area contributed by atoms with Crippen LogP contribution in [0.15, 0.2) is 103 Å². The van der Waals surface area contributed by atoms with Crippen molar-refractivity contribution in [2.45, 2.75) is 76.0 Å². The van der Waals surface area contributed by atoms with Crippen LogP contribution in [0.5, 0.6) is 0 Å². The van der Waals surface area contributed by atoms with Gasteiger partial charge in [0, 0.05) is 27.4 Å². The smallest absolute Gasteiger partial charge is 0.0933 e. The fourth-order valence-electron chi connectivity index (χ4n) is 8.34. The predicted molar refractivity (Wildman–Crippen MR) is 184 cm³/mol. The van der Waals surface area contributed by atoms with Crippen LogP contribution in [-0.2, 0) is 0 Å². The molecule has 4 aromatic carbocycles. The topological polar surface area (TPSA) is 22.2 Å². The number of fused-ring (bicyclic) bond motifs is 6. The van der Waals surface area contributed by atoms with E-state index in [1.807, 2.05) is 0 Å². The first-order valence-electron chi connectivity index (χ1n) is 16.9. The molecule has 2 aliphatic rings. The third kappa shape index (κ3) is 4.36. The molecule has 218 valence electrons. The van der Waals surface area contributed by atoms with Crippen molar-refractivity contribution in [2.24, 2.45) is 0 Å². The summed E-state index contributed by atoms with van der Waals surface area (Å²) in [6, 6.07) is 38.8. The minimum atomic E-state index is 0.704.